The molecular weight excluding hydrogens is 449 g/mol. The van der Waals surface area contributed by atoms with Crippen LogP contribution >= 0.6 is 24.0 Å². The van der Waals surface area contributed by atoms with E-state index in [2.05, 4.69) is 15.6 Å². The van der Waals surface area contributed by atoms with E-state index in [1.165, 1.54) is 14.2 Å². The molecule has 0 saturated carbocycles. The van der Waals surface area contributed by atoms with Crippen LogP contribution in [-0.4, -0.2) is 51.9 Å². The lowest BCUT2D eigenvalue weighted by atomic mass is 10.1. The van der Waals surface area contributed by atoms with Gasteiger partial charge in [-0.3, -0.25) is 0 Å². The Morgan fingerprint density at radius 2 is 1.88 bits per heavy atom. The van der Waals surface area contributed by atoms with Crippen molar-refractivity contribution in [3.8, 4) is 5.75 Å². The van der Waals surface area contributed by atoms with Crippen LogP contribution < -0.4 is 15.4 Å². The fraction of sp³-hybridized carbons (Fsp3) is 0.556. The predicted molar refractivity (Wildman–Crippen MR) is 114 cm³/mol. The molecule has 0 aliphatic heterocycles. The number of aliphatic imine (C=N–C) groups is 1. The van der Waals surface area contributed by atoms with Gasteiger partial charge in [0.15, 0.2) is 5.96 Å². The summed E-state index contributed by atoms with van der Waals surface area (Å²) >= 11 is 0. The predicted octanol–water partition coefficient (Wildman–Crippen LogP) is 2.58. The molecule has 0 aromatic heterocycles. The first-order valence-corrected chi connectivity index (χ1v) is 8.19. The van der Waals surface area contributed by atoms with E-state index in [0.29, 0.717) is 30.4 Å². The number of hydrogen-bond acceptors (Lipinski definition) is 5. The summed E-state index contributed by atoms with van der Waals surface area (Å²) in [6.07, 6.45) is 0. The van der Waals surface area contributed by atoms with Gasteiger partial charge < -0.3 is 24.8 Å². The largest absolute Gasteiger partial charge is 0.496 e. The van der Waals surface area contributed by atoms with Gasteiger partial charge in [0.2, 0.25) is 0 Å². The monoisotopic (exact) mass is 479 g/mol. The number of methoxy groups -OCH3 is 3. The highest BCUT2D eigenvalue weighted by Gasteiger charge is 2.17. The summed E-state index contributed by atoms with van der Waals surface area (Å²) in [5.41, 5.74) is 0.967. The third kappa shape index (κ3) is 7.77. The second-order valence-electron chi connectivity index (χ2n) is 6.04. The van der Waals surface area contributed by atoms with Crippen LogP contribution in [0.15, 0.2) is 23.2 Å². The van der Waals surface area contributed by atoms with Crippen molar-refractivity contribution in [3.05, 3.63) is 29.3 Å². The number of benzene rings is 1. The zero-order valence-corrected chi connectivity index (χ0v) is 18.7. The molecule has 148 valence electrons. The molecule has 0 fully saturated rings. The first-order chi connectivity index (χ1) is 11.9. The number of esters is 1. The van der Waals surface area contributed by atoms with Crippen molar-refractivity contribution < 1.29 is 19.0 Å². The normalized spacial score (nSPS) is 11.4. The third-order valence-corrected chi connectivity index (χ3v) is 3.67. The molecule has 0 atom stereocenters. The van der Waals surface area contributed by atoms with Gasteiger partial charge in [0, 0.05) is 20.2 Å². The van der Waals surface area contributed by atoms with E-state index >= 15 is 0 Å². The van der Waals surface area contributed by atoms with Crippen molar-refractivity contribution in [2.75, 3.05) is 34.4 Å². The maximum atomic E-state index is 11.9. The summed E-state index contributed by atoms with van der Waals surface area (Å²) in [4.78, 5) is 16.4. The first-order valence-electron chi connectivity index (χ1n) is 8.19. The lowest BCUT2D eigenvalue weighted by Gasteiger charge is -2.24. The molecular formula is C18H30IN3O4. The maximum absolute atomic E-state index is 11.9. The molecule has 1 aromatic carbocycles. The first kappa shape index (κ1) is 24.5. The maximum Gasteiger partial charge on any atom is 0.341 e. The van der Waals surface area contributed by atoms with Crippen molar-refractivity contribution in [1.82, 2.24) is 10.6 Å². The van der Waals surface area contributed by atoms with Crippen LogP contribution in [0.25, 0.3) is 0 Å². The number of ether oxygens (including phenoxy) is 3. The summed E-state index contributed by atoms with van der Waals surface area (Å²) in [6.45, 7) is 7.77. The average molecular weight is 479 g/mol. The molecule has 0 amide bonds. The summed E-state index contributed by atoms with van der Waals surface area (Å²) in [5.74, 6) is 0.726. The fourth-order valence-electron chi connectivity index (χ4n) is 2.00. The topological polar surface area (TPSA) is 81.2 Å². The highest BCUT2D eigenvalue weighted by atomic mass is 127. The van der Waals surface area contributed by atoms with Crippen LogP contribution in [-0.2, 0) is 16.0 Å². The van der Waals surface area contributed by atoms with Gasteiger partial charge in [-0.2, -0.15) is 0 Å². The lowest BCUT2D eigenvalue weighted by Crippen LogP contribution is -2.45. The van der Waals surface area contributed by atoms with E-state index < -0.39 is 5.97 Å². The minimum atomic E-state index is -0.436. The van der Waals surface area contributed by atoms with Crippen molar-refractivity contribution in [2.45, 2.75) is 32.9 Å². The van der Waals surface area contributed by atoms with E-state index in [1.807, 2.05) is 26.8 Å². The summed E-state index contributed by atoms with van der Waals surface area (Å²) in [5, 5.41) is 6.44. The molecule has 0 radical (unpaired) electrons. The standard InChI is InChI=1S/C18H29N3O4.HI/c1-7-19-17(21-12-18(2,3)25-6)20-11-13-8-9-15(23-4)14(10-13)16(22)24-5;/h8-10H,7,11-12H2,1-6H3,(H2,19,20,21);1H. The van der Waals surface area contributed by atoms with Gasteiger partial charge in [0.25, 0.3) is 0 Å². The van der Waals surface area contributed by atoms with Gasteiger partial charge in [0.1, 0.15) is 11.3 Å². The van der Waals surface area contributed by atoms with E-state index in [0.717, 1.165) is 12.1 Å². The number of nitrogens with one attached hydrogen (secondary N) is 2. The fourth-order valence-corrected chi connectivity index (χ4v) is 2.00. The Labute approximate surface area is 172 Å². The number of nitrogens with zero attached hydrogens (tertiary/aromatic N) is 1. The van der Waals surface area contributed by atoms with E-state index in [9.17, 15) is 4.79 Å². The second kappa shape index (κ2) is 11.9. The molecule has 2 N–H and O–H groups in total. The number of carbonyl (C=O) groups is 1. The summed E-state index contributed by atoms with van der Waals surface area (Å²) in [7, 11) is 4.54. The van der Waals surface area contributed by atoms with Gasteiger partial charge in [0.05, 0.1) is 26.4 Å². The molecule has 8 heteroatoms. The number of rotatable bonds is 8. The van der Waals surface area contributed by atoms with Crippen molar-refractivity contribution in [1.29, 1.82) is 0 Å². The third-order valence-electron chi connectivity index (χ3n) is 3.67. The molecule has 0 saturated heterocycles. The van der Waals surface area contributed by atoms with Crippen LogP contribution in [0.1, 0.15) is 36.7 Å². The van der Waals surface area contributed by atoms with E-state index in [1.54, 1.807) is 19.2 Å². The molecule has 1 aromatic rings. The van der Waals surface area contributed by atoms with Crippen molar-refractivity contribution in [3.63, 3.8) is 0 Å². The van der Waals surface area contributed by atoms with Gasteiger partial charge >= 0.3 is 5.97 Å². The highest BCUT2D eigenvalue weighted by molar-refractivity contribution is 14.0. The number of hydrogen-bond donors (Lipinski definition) is 2. The minimum Gasteiger partial charge on any atom is -0.496 e. The molecule has 0 aliphatic carbocycles. The minimum absolute atomic E-state index is 0. The van der Waals surface area contributed by atoms with Crippen LogP contribution in [0, 0.1) is 0 Å². The Morgan fingerprint density at radius 3 is 2.42 bits per heavy atom. The highest BCUT2D eigenvalue weighted by Crippen LogP contribution is 2.21. The Morgan fingerprint density at radius 1 is 1.19 bits per heavy atom. The lowest BCUT2D eigenvalue weighted by molar-refractivity contribution is 0.0268. The van der Waals surface area contributed by atoms with E-state index in [4.69, 9.17) is 14.2 Å². The van der Waals surface area contributed by atoms with Gasteiger partial charge in [-0.1, -0.05) is 6.07 Å². The zero-order valence-electron chi connectivity index (χ0n) is 16.3. The summed E-state index contributed by atoms with van der Waals surface area (Å²) in [6, 6.07) is 5.35. The van der Waals surface area contributed by atoms with Crippen LogP contribution in [0.5, 0.6) is 5.75 Å². The molecule has 0 bridgehead atoms. The van der Waals surface area contributed by atoms with Crippen LogP contribution in [0.3, 0.4) is 0 Å². The van der Waals surface area contributed by atoms with Crippen LogP contribution in [0.4, 0.5) is 0 Å². The van der Waals surface area contributed by atoms with E-state index in [-0.39, 0.29) is 29.6 Å². The quantitative estimate of drug-likeness (QED) is 0.258. The molecule has 0 heterocycles. The van der Waals surface area contributed by atoms with Crippen molar-refractivity contribution in [2.24, 2.45) is 4.99 Å². The Hall–Kier alpha value is -1.55. The Kier molecular flexibility index (Phi) is 11.2. The molecule has 0 spiro atoms. The van der Waals surface area contributed by atoms with Gasteiger partial charge in [-0.15, -0.1) is 24.0 Å². The SMILES string of the molecule is CCNC(=NCc1ccc(OC)c(C(=O)OC)c1)NCC(C)(C)OC.I. The van der Waals surface area contributed by atoms with Crippen LogP contribution in [0.2, 0.25) is 0 Å². The molecule has 0 aliphatic rings. The number of halogens is 1. The van der Waals surface area contributed by atoms with Gasteiger partial charge in [-0.25, -0.2) is 9.79 Å². The average Bonchev–Trinajstić information content (AvgIpc) is 2.63. The smallest absolute Gasteiger partial charge is 0.341 e. The molecule has 26 heavy (non-hydrogen) atoms. The van der Waals surface area contributed by atoms with Crippen molar-refractivity contribution >= 4 is 35.9 Å². The zero-order chi connectivity index (χ0) is 18.9. The Bertz CT molecular complexity index is 606. The number of carbonyl (C=O) groups excluding carboxylic acids is 1. The summed E-state index contributed by atoms with van der Waals surface area (Å²) < 4.78 is 15.4. The Balaban J connectivity index is 0.00000625. The molecule has 7 nitrogen and oxygen atoms in total. The second-order valence-corrected chi connectivity index (χ2v) is 6.04. The van der Waals surface area contributed by atoms with Gasteiger partial charge in [-0.05, 0) is 38.5 Å². The molecule has 0 unspecified atom stereocenters. The number of guanidine groups is 1. The molecule has 1 rings (SSSR count).